The van der Waals surface area contributed by atoms with Gasteiger partial charge in [-0.1, -0.05) is 30.9 Å². The largest absolute Gasteiger partial charge is 0.507 e. The van der Waals surface area contributed by atoms with Crippen molar-refractivity contribution in [2.24, 2.45) is 0 Å². The average molecular weight is 438 g/mol. The van der Waals surface area contributed by atoms with Crippen molar-refractivity contribution in [2.45, 2.75) is 70.9 Å². The maximum absolute atomic E-state index is 11.1. The van der Waals surface area contributed by atoms with Gasteiger partial charge in [0, 0.05) is 45.6 Å². The molecule has 2 aromatic carbocycles. The van der Waals surface area contributed by atoms with E-state index in [4.69, 9.17) is 11.6 Å². The minimum absolute atomic E-state index is 0.0263. The molecule has 4 nitrogen and oxygen atoms in total. The summed E-state index contributed by atoms with van der Waals surface area (Å²) in [6.45, 7) is 7.05. The van der Waals surface area contributed by atoms with Gasteiger partial charge in [-0.3, -0.25) is 4.98 Å². The topological polar surface area (TPSA) is 57.2 Å². The van der Waals surface area contributed by atoms with Crippen LogP contribution in [0.4, 0.5) is 11.4 Å². The molecule has 31 heavy (non-hydrogen) atoms. The quantitative estimate of drug-likeness (QED) is 0.367. The first kappa shape index (κ1) is 21.9. The van der Waals surface area contributed by atoms with E-state index in [1.54, 1.807) is 6.20 Å². The average Bonchev–Trinajstić information content (AvgIpc) is 2.74. The van der Waals surface area contributed by atoms with Crippen molar-refractivity contribution in [2.75, 3.05) is 5.32 Å². The van der Waals surface area contributed by atoms with Crippen molar-refractivity contribution in [3.05, 3.63) is 58.7 Å². The molecule has 164 valence electrons. The van der Waals surface area contributed by atoms with E-state index in [0.29, 0.717) is 23.2 Å². The maximum atomic E-state index is 11.1. The molecule has 0 radical (unpaired) electrons. The van der Waals surface area contributed by atoms with Gasteiger partial charge < -0.3 is 15.7 Å². The van der Waals surface area contributed by atoms with Gasteiger partial charge in [0.05, 0.1) is 5.52 Å². The predicted octanol–water partition coefficient (Wildman–Crippen LogP) is 7.27. The number of aromatic hydroxyl groups is 1. The van der Waals surface area contributed by atoms with Crippen LogP contribution in [-0.4, -0.2) is 15.6 Å². The van der Waals surface area contributed by atoms with Gasteiger partial charge in [0.25, 0.3) is 0 Å². The van der Waals surface area contributed by atoms with E-state index in [1.165, 1.54) is 19.3 Å². The number of anilines is 2. The van der Waals surface area contributed by atoms with E-state index in [1.807, 2.05) is 24.3 Å². The molecular formula is C26H32ClN3O. The van der Waals surface area contributed by atoms with Gasteiger partial charge in [0.2, 0.25) is 0 Å². The molecule has 1 aliphatic carbocycles. The number of rotatable bonds is 5. The monoisotopic (exact) mass is 437 g/mol. The summed E-state index contributed by atoms with van der Waals surface area (Å²) in [6, 6.07) is 11.9. The van der Waals surface area contributed by atoms with E-state index in [-0.39, 0.29) is 5.54 Å². The number of nitrogens with zero attached hydrogens (tertiary/aromatic N) is 1. The Morgan fingerprint density at radius 2 is 1.84 bits per heavy atom. The Kier molecular flexibility index (Phi) is 6.40. The van der Waals surface area contributed by atoms with Crippen molar-refractivity contribution in [1.29, 1.82) is 0 Å². The van der Waals surface area contributed by atoms with Gasteiger partial charge >= 0.3 is 0 Å². The van der Waals surface area contributed by atoms with Crippen LogP contribution < -0.4 is 10.6 Å². The maximum Gasteiger partial charge on any atom is 0.123 e. The molecule has 1 saturated carbocycles. The fourth-order valence-corrected chi connectivity index (χ4v) is 4.56. The van der Waals surface area contributed by atoms with Gasteiger partial charge in [-0.2, -0.15) is 0 Å². The summed E-state index contributed by atoms with van der Waals surface area (Å²) in [6.07, 6.45) is 7.82. The fourth-order valence-electron chi connectivity index (χ4n) is 4.40. The molecule has 0 spiro atoms. The molecule has 3 N–H and O–H groups in total. The SMILES string of the molecule is CC(C)(C)NCc1cc(Nc2ccnc3cc(Cl)ccc23)cc(C2CCCCC2)c1O. The molecule has 1 fully saturated rings. The van der Waals surface area contributed by atoms with Crippen LogP contribution in [0.25, 0.3) is 10.9 Å². The Morgan fingerprint density at radius 3 is 2.58 bits per heavy atom. The van der Waals surface area contributed by atoms with Gasteiger partial charge in [-0.25, -0.2) is 0 Å². The molecule has 0 saturated heterocycles. The van der Waals surface area contributed by atoms with Crippen molar-refractivity contribution in [1.82, 2.24) is 10.3 Å². The normalized spacial score (nSPS) is 15.4. The lowest BCUT2D eigenvalue weighted by molar-refractivity contribution is 0.397. The third kappa shape index (κ3) is 5.31. The highest BCUT2D eigenvalue weighted by molar-refractivity contribution is 6.31. The van der Waals surface area contributed by atoms with Gasteiger partial charge in [-0.15, -0.1) is 0 Å². The number of phenolic OH excluding ortho intramolecular Hbond substituents is 1. The summed E-state index contributed by atoms with van der Waals surface area (Å²) in [5.74, 6) is 0.859. The Bertz CT molecular complexity index is 1070. The summed E-state index contributed by atoms with van der Waals surface area (Å²) >= 11 is 6.15. The highest BCUT2D eigenvalue weighted by atomic mass is 35.5. The van der Waals surface area contributed by atoms with Crippen LogP contribution in [-0.2, 0) is 6.54 Å². The molecule has 3 aromatic rings. The highest BCUT2D eigenvalue weighted by Crippen LogP contribution is 2.41. The van der Waals surface area contributed by atoms with E-state index < -0.39 is 0 Å². The van der Waals surface area contributed by atoms with Gasteiger partial charge in [0.1, 0.15) is 5.75 Å². The van der Waals surface area contributed by atoms with Crippen molar-refractivity contribution in [3.63, 3.8) is 0 Å². The lowest BCUT2D eigenvalue weighted by atomic mass is 9.82. The Hall–Kier alpha value is -2.30. The second-order valence-corrected chi connectivity index (χ2v) is 10.1. The smallest absolute Gasteiger partial charge is 0.123 e. The molecule has 0 aliphatic heterocycles. The first-order valence-corrected chi connectivity index (χ1v) is 11.6. The minimum Gasteiger partial charge on any atom is -0.507 e. The van der Waals surface area contributed by atoms with E-state index in [2.05, 4.69) is 48.5 Å². The summed E-state index contributed by atoms with van der Waals surface area (Å²) in [4.78, 5) is 4.45. The number of pyridine rings is 1. The second-order valence-electron chi connectivity index (χ2n) is 9.66. The van der Waals surface area contributed by atoms with E-state index in [0.717, 1.165) is 46.2 Å². The Morgan fingerprint density at radius 1 is 1.06 bits per heavy atom. The number of phenols is 1. The van der Waals surface area contributed by atoms with Crippen LogP contribution in [0.15, 0.2) is 42.6 Å². The van der Waals surface area contributed by atoms with Crippen LogP contribution in [0.3, 0.4) is 0 Å². The molecular weight excluding hydrogens is 406 g/mol. The summed E-state index contributed by atoms with van der Waals surface area (Å²) < 4.78 is 0. The summed E-state index contributed by atoms with van der Waals surface area (Å²) in [5.41, 5.74) is 4.81. The third-order valence-corrected chi connectivity index (χ3v) is 6.29. The van der Waals surface area contributed by atoms with Crippen LogP contribution in [0.1, 0.15) is 69.9 Å². The van der Waals surface area contributed by atoms with Gasteiger partial charge in [-0.05, 0) is 81.5 Å². The molecule has 0 bridgehead atoms. The first-order chi connectivity index (χ1) is 14.8. The number of benzene rings is 2. The molecule has 1 aliphatic rings. The zero-order valence-corrected chi connectivity index (χ0v) is 19.4. The Balaban J connectivity index is 1.72. The van der Waals surface area contributed by atoms with Gasteiger partial charge in [0.15, 0.2) is 0 Å². The summed E-state index contributed by atoms with van der Waals surface area (Å²) in [7, 11) is 0. The number of fused-ring (bicyclic) bond motifs is 1. The zero-order chi connectivity index (χ0) is 22.0. The Labute approximate surface area is 190 Å². The minimum atomic E-state index is -0.0263. The number of hydrogen-bond acceptors (Lipinski definition) is 4. The van der Waals surface area contributed by atoms with Crippen LogP contribution in [0.5, 0.6) is 5.75 Å². The van der Waals surface area contributed by atoms with Crippen molar-refractivity contribution < 1.29 is 5.11 Å². The van der Waals surface area contributed by atoms with Crippen molar-refractivity contribution >= 4 is 33.9 Å². The first-order valence-electron chi connectivity index (χ1n) is 11.2. The number of hydrogen-bond donors (Lipinski definition) is 3. The lowest BCUT2D eigenvalue weighted by Gasteiger charge is -2.26. The molecule has 1 heterocycles. The molecule has 4 rings (SSSR count). The zero-order valence-electron chi connectivity index (χ0n) is 18.6. The molecule has 0 atom stereocenters. The third-order valence-electron chi connectivity index (χ3n) is 6.06. The van der Waals surface area contributed by atoms with Crippen LogP contribution in [0, 0.1) is 0 Å². The van der Waals surface area contributed by atoms with E-state index in [9.17, 15) is 5.11 Å². The number of halogens is 1. The lowest BCUT2D eigenvalue weighted by Crippen LogP contribution is -2.35. The molecule has 0 unspecified atom stereocenters. The highest BCUT2D eigenvalue weighted by Gasteiger charge is 2.22. The summed E-state index contributed by atoms with van der Waals surface area (Å²) in [5, 5.41) is 20.0. The van der Waals surface area contributed by atoms with E-state index >= 15 is 0 Å². The molecule has 5 heteroatoms. The standard InChI is InChI=1S/C26H32ClN3O/c1-26(2,3)29-16-18-13-20(15-22(25(18)31)17-7-5-4-6-8-17)30-23-11-12-28-24-14-19(27)9-10-21(23)24/h9-15,17,29,31H,4-8,16H2,1-3H3,(H,28,30). The van der Waals surface area contributed by atoms with Crippen LogP contribution in [0.2, 0.25) is 5.02 Å². The fraction of sp³-hybridized carbons (Fsp3) is 0.423. The van der Waals surface area contributed by atoms with Crippen LogP contribution >= 0.6 is 11.6 Å². The molecule has 0 amide bonds. The van der Waals surface area contributed by atoms with Crippen molar-refractivity contribution in [3.8, 4) is 5.75 Å². The second kappa shape index (κ2) is 9.05. The molecule has 1 aromatic heterocycles. The number of aromatic nitrogens is 1. The number of nitrogens with one attached hydrogen (secondary N) is 2. The predicted molar refractivity (Wildman–Crippen MR) is 131 cm³/mol.